The maximum atomic E-state index is 13.4. The number of halogens is 4. The summed E-state index contributed by atoms with van der Waals surface area (Å²) in [4.78, 5) is 6.34. The Morgan fingerprint density at radius 1 is 1.12 bits per heavy atom. The van der Waals surface area contributed by atoms with Gasteiger partial charge in [-0.1, -0.05) is 24.3 Å². The highest BCUT2D eigenvalue weighted by molar-refractivity contribution is 14.0. The van der Waals surface area contributed by atoms with Crippen LogP contribution in [0.15, 0.2) is 53.5 Å². The van der Waals surface area contributed by atoms with Crippen LogP contribution in [-0.4, -0.2) is 51.3 Å². The van der Waals surface area contributed by atoms with Gasteiger partial charge in [-0.15, -0.1) is 24.0 Å². The molecule has 0 atom stereocenters. The van der Waals surface area contributed by atoms with E-state index in [0.29, 0.717) is 32.3 Å². The highest BCUT2D eigenvalue weighted by Gasteiger charge is 2.34. The van der Waals surface area contributed by atoms with E-state index in [1.165, 1.54) is 24.3 Å². The van der Waals surface area contributed by atoms with Crippen molar-refractivity contribution >= 4 is 29.9 Å². The lowest BCUT2D eigenvalue weighted by Gasteiger charge is -2.39. The second kappa shape index (κ2) is 12.3. The molecule has 0 unspecified atom stereocenters. The van der Waals surface area contributed by atoms with Gasteiger partial charge in [-0.3, -0.25) is 4.99 Å². The third-order valence-corrected chi connectivity index (χ3v) is 5.63. The molecule has 1 aliphatic heterocycles. The molecule has 1 saturated heterocycles. The van der Waals surface area contributed by atoms with E-state index in [2.05, 4.69) is 15.0 Å². The quantitative estimate of drug-likeness (QED) is 0.299. The summed E-state index contributed by atoms with van der Waals surface area (Å²) in [5.41, 5.74) is 1.85. The molecule has 3 rings (SSSR count). The number of nitrogens with zero attached hydrogens (tertiary/aromatic N) is 2. The van der Waals surface area contributed by atoms with Crippen LogP contribution in [0.1, 0.15) is 24.0 Å². The number of guanidine groups is 1. The van der Waals surface area contributed by atoms with Crippen LogP contribution < -0.4 is 10.1 Å². The second-order valence-electron chi connectivity index (χ2n) is 7.68. The maximum absolute atomic E-state index is 13.4. The van der Waals surface area contributed by atoms with Crippen LogP contribution in [0.25, 0.3) is 0 Å². The maximum Gasteiger partial charge on any atom is 0.387 e. The van der Waals surface area contributed by atoms with Gasteiger partial charge >= 0.3 is 6.61 Å². The van der Waals surface area contributed by atoms with Crippen LogP contribution in [0.4, 0.5) is 13.2 Å². The van der Waals surface area contributed by atoms with Gasteiger partial charge in [0.2, 0.25) is 0 Å². The highest BCUT2D eigenvalue weighted by atomic mass is 127. The fraction of sp³-hybridized carbons (Fsp3) is 0.435. The zero-order valence-electron chi connectivity index (χ0n) is 18.2. The molecule has 0 aromatic heterocycles. The van der Waals surface area contributed by atoms with Gasteiger partial charge in [0.25, 0.3) is 0 Å². The minimum absolute atomic E-state index is 0. The van der Waals surface area contributed by atoms with Gasteiger partial charge in [0.15, 0.2) is 5.96 Å². The molecular weight excluding hydrogens is 534 g/mol. The Morgan fingerprint density at radius 3 is 2.31 bits per heavy atom. The number of benzene rings is 2. The normalized spacial score (nSPS) is 15.8. The predicted molar refractivity (Wildman–Crippen MR) is 129 cm³/mol. The molecule has 176 valence electrons. The van der Waals surface area contributed by atoms with Gasteiger partial charge in [0, 0.05) is 45.8 Å². The van der Waals surface area contributed by atoms with Gasteiger partial charge < -0.3 is 19.7 Å². The monoisotopic (exact) mass is 563 g/mol. The number of rotatable bonds is 7. The minimum Gasteiger partial charge on any atom is -0.435 e. The molecule has 9 heteroatoms. The van der Waals surface area contributed by atoms with Gasteiger partial charge in [0.05, 0.1) is 0 Å². The van der Waals surface area contributed by atoms with Crippen LogP contribution in [0.2, 0.25) is 0 Å². The van der Waals surface area contributed by atoms with Gasteiger partial charge in [-0.25, -0.2) is 4.39 Å². The molecule has 0 radical (unpaired) electrons. The first-order chi connectivity index (χ1) is 14.9. The van der Waals surface area contributed by atoms with Gasteiger partial charge in [-0.2, -0.15) is 8.78 Å². The van der Waals surface area contributed by atoms with Crippen molar-refractivity contribution in [3.8, 4) is 5.75 Å². The van der Waals surface area contributed by atoms with E-state index in [0.717, 1.165) is 24.0 Å². The largest absolute Gasteiger partial charge is 0.435 e. The predicted octanol–water partition coefficient (Wildman–Crippen LogP) is 4.80. The Hall–Kier alpha value is -2.01. The lowest BCUT2D eigenvalue weighted by Crippen LogP contribution is -2.48. The summed E-state index contributed by atoms with van der Waals surface area (Å²) in [6.07, 6.45) is 1.66. The van der Waals surface area contributed by atoms with E-state index >= 15 is 0 Å². The Labute approximate surface area is 204 Å². The van der Waals surface area contributed by atoms with E-state index in [9.17, 15) is 13.2 Å². The van der Waals surface area contributed by atoms with Crippen molar-refractivity contribution in [2.24, 2.45) is 4.99 Å². The summed E-state index contributed by atoms with van der Waals surface area (Å²) in [6, 6.07) is 13.2. The number of alkyl halides is 2. The lowest BCUT2D eigenvalue weighted by molar-refractivity contribution is -0.0498. The van der Waals surface area contributed by atoms with E-state index in [-0.39, 0.29) is 41.0 Å². The van der Waals surface area contributed by atoms with Crippen LogP contribution in [0.3, 0.4) is 0 Å². The first-order valence-corrected chi connectivity index (χ1v) is 10.2. The zero-order valence-corrected chi connectivity index (χ0v) is 20.5. The summed E-state index contributed by atoms with van der Waals surface area (Å²) in [7, 11) is 3.63. The molecule has 5 nitrogen and oxygen atoms in total. The molecule has 0 aliphatic carbocycles. The molecule has 0 amide bonds. The molecule has 0 bridgehead atoms. The van der Waals surface area contributed by atoms with Crippen molar-refractivity contribution in [3.63, 3.8) is 0 Å². The summed E-state index contributed by atoms with van der Waals surface area (Å²) in [5, 5.41) is 3.45. The number of nitrogens with one attached hydrogen (secondary N) is 1. The molecule has 1 fully saturated rings. The van der Waals surface area contributed by atoms with E-state index in [1.54, 1.807) is 19.2 Å². The first kappa shape index (κ1) is 26.2. The van der Waals surface area contributed by atoms with Crippen LogP contribution in [-0.2, 0) is 16.7 Å². The minimum atomic E-state index is -2.84. The van der Waals surface area contributed by atoms with E-state index in [4.69, 9.17) is 4.74 Å². The lowest BCUT2D eigenvalue weighted by atomic mass is 9.74. The summed E-state index contributed by atoms with van der Waals surface area (Å²) in [5.74, 6) is 0.588. The molecular formula is C23H29F3IN3O2. The van der Waals surface area contributed by atoms with Crippen LogP contribution in [0.5, 0.6) is 5.75 Å². The van der Waals surface area contributed by atoms with Crippen molar-refractivity contribution < 1.29 is 22.6 Å². The van der Waals surface area contributed by atoms with Crippen molar-refractivity contribution in [2.45, 2.75) is 31.4 Å². The molecule has 1 aliphatic rings. The van der Waals surface area contributed by atoms with Gasteiger partial charge in [0.1, 0.15) is 11.6 Å². The van der Waals surface area contributed by atoms with Crippen molar-refractivity contribution in [2.75, 3.05) is 33.9 Å². The van der Waals surface area contributed by atoms with Crippen molar-refractivity contribution in [1.29, 1.82) is 0 Å². The molecule has 2 aromatic carbocycles. The zero-order chi connectivity index (χ0) is 22.3. The summed E-state index contributed by atoms with van der Waals surface area (Å²) >= 11 is 0. The average Bonchev–Trinajstić information content (AvgIpc) is 2.76. The average molecular weight is 563 g/mol. The Kier molecular flexibility index (Phi) is 10.1. The number of aliphatic imine (C=N–C) groups is 1. The van der Waals surface area contributed by atoms with Crippen LogP contribution in [0, 0.1) is 5.82 Å². The molecule has 2 aromatic rings. The fourth-order valence-electron chi connectivity index (χ4n) is 3.89. The SMILES string of the molecule is CN=C(NCC1(c2ccc(F)cc2)CCOCC1)N(C)Cc1ccc(OC(F)F)cc1.I. The van der Waals surface area contributed by atoms with Crippen LogP contribution >= 0.6 is 24.0 Å². The Bertz CT molecular complexity index is 858. The second-order valence-corrected chi connectivity index (χ2v) is 7.68. The van der Waals surface area contributed by atoms with E-state index in [1.807, 2.05) is 24.1 Å². The molecule has 0 spiro atoms. The third kappa shape index (κ3) is 6.99. The van der Waals surface area contributed by atoms with Crippen molar-refractivity contribution in [1.82, 2.24) is 10.2 Å². The summed E-state index contributed by atoms with van der Waals surface area (Å²) in [6.45, 7) is -0.349. The topological polar surface area (TPSA) is 46.1 Å². The third-order valence-electron chi connectivity index (χ3n) is 5.63. The number of hydrogen-bond acceptors (Lipinski definition) is 3. The number of hydrogen-bond donors (Lipinski definition) is 1. The smallest absolute Gasteiger partial charge is 0.387 e. The van der Waals surface area contributed by atoms with Crippen molar-refractivity contribution in [3.05, 3.63) is 65.5 Å². The number of ether oxygens (including phenoxy) is 2. The summed E-state index contributed by atoms with van der Waals surface area (Å²) < 4.78 is 48.0. The Balaban J connectivity index is 0.00000363. The molecule has 1 heterocycles. The molecule has 0 saturated carbocycles. The molecule has 32 heavy (non-hydrogen) atoms. The van der Waals surface area contributed by atoms with Gasteiger partial charge in [-0.05, 0) is 48.2 Å². The first-order valence-electron chi connectivity index (χ1n) is 10.2. The Morgan fingerprint density at radius 2 is 1.75 bits per heavy atom. The standard InChI is InChI=1S/C23H28F3N3O2.HI/c1-27-22(29(2)15-17-3-9-20(10-4-17)31-21(25)26)28-16-23(11-13-30-14-12-23)18-5-7-19(24)8-6-18;/h3-10,21H,11-16H2,1-2H3,(H,27,28);1H. The fourth-order valence-corrected chi connectivity index (χ4v) is 3.89. The molecule has 1 N–H and O–H groups in total. The highest BCUT2D eigenvalue weighted by Crippen LogP contribution is 2.34. The van der Waals surface area contributed by atoms with E-state index < -0.39 is 6.61 Å².